The SMILES string of the molecule is CCOc1ccc(N2C(=O)C(Cc3cccc(Cl)c3Cl)S/C2=C(/C#N)C(=O)Nc2ccccc2C)cc1. The van der Waals surface area contributed by atoms with Crippen molar-refractivity contribution in [3.8, 4) is 11.8 Å². The van der Waals surface area contributed by atoms with Crippen LogP contribution in [0.15, 0.2) is 77.3 Å². The average Bonchev–Trinajstić information content (AvgIpc) is 3.20. The first-order valence-electron chi connectivity index (χ1n) is 11.5. The quantitative estimate of drug-likeness (QED) is 0.259. The average molecular weight is 552 g/mol. The number of thioether (sulfide) groups is 1. The van der Waals surface area contributed by atoms with Crippen molar-refractivity contribution >= 4 is 58.2 Å². The Morgan fingerprint density at radius 2 is 1.84 bits per heavy atom. The van der Waals surface area contributed by atoms with Crippen molar-refractivity contribution in [2.45, 2.75) is 25.5 Å². The van der Waals surface area contributed by atoms with Crippen LogP contribution in [0.2, 0.25) is 10.0 Å². The van der Waals surface area contributed by atoms with Crippen LogP contribution in [0, 0.1) is 18.3 Å². The third kappa shape index (κ3) is 5.78. The minimum absolute atomic E-state index is 0.157. The largest absolute Gasteiger partial charge is 0.494 e. The fourth-order valence-corrected chi connectivity index (χ4v) is 5.58. The lowest BCUT2D eigenvalue weighted by molar-refractivity contribution is -0.117. The molecule has 9 heteroatoms. The second-order valence-electron chi connectivity index (χ2n) is 8.19. The van der Waals surface area contributed by atoms with E-state index in [1.165, 1.54) is 4.90 Å². The lowest BCUT2D eigenvalue weighted by Gasteiger charge is -2.19. The molecule has 1 aliphatic heterocycles. The summed E-state index contributed by atoms with van der Waals surface area (Å²) >= 11 is 13.7. The predicted octanol–water partition coefficient (Wildman–Crippen LogP) is 6.77. The van der Waals surface area contributed by atoms with E-state index in [2.05, 4.69) is 5.32 Å². The number of carbonyl (C=O) groups is 2. The van der Waals surface area contributed by atoms with E-state index < -0.39 is 11.2 Å². The summed E-state index contributed by atoms with van der Waals surface area (Å²) in [6, 6.07) is 21.5. The fourth-order valence-electron chi connectivity index (χ4n) is 3.88. The van der Waals surface area contributed by atoms with Gasteiger partial charge in [-0.15, -0.1) is 0 Å². The van der Waals surface area contributed by atoms with Crippen LogP contribution in [0.4, 0.5) is 11.4 Å². The number of carbonyl (C=O) groups excluding carboxylic acids is 2. The summed E-state index contributed by atoms with van der Waals surface area (Å²) in [6.07, 6.45) is 0.276. The van der Waals surface area contributed by atoms with Crippen LogP contribution >= 0.6 is 35.0 Å². The van der Waals surface area contributed by atoms with Crippen molar-refractivity contribution in [1.29, 1.82) is 5.26 Å². The maximum absolute atomic E-state index is 13.7. The molecule has 1 aliphatic rings. The zero-order valence-electron chi connectivity index (χ0n) is 20.1. The first-order valence-corrected chi connectivity index (χ1v) is 13.1. The molecule has 2 amide bonds. The summed E-state index contributed by atoms with van der Waals surface area (Å²) in [5.41, 5.74) is 2.51. The Hall–Kier alpha value is -3.44. The number of amides is 2. The first kappa shape index (κ1) is 26.6. The zero-order chi connectivity index (χ0) is 26.5. The summed E-state index contributed by atoms with van der Waals surface area (Å²) in [7, 11) is 0. The highest BCUT2D eigenvalue weighted by molar-refractivity contribution is 8.05. The van der Waals surface area contributed by atoms with Crippen molar-refractivity contribution in [1.82, 2.24) is 0 Å². The van der Waals surface area contributed by atoms with Crippen LogP contribution in [0.5, 0.6) is 5.75 Å². The van der Waals surface area contributed by atoms with Crippen molar-refractivity contribution < 1.29 is 14.3 Å². The van der Waals surface area contributed by atoms with Crippen LogP contribution in [0.1, 0.15) is 18.1 Å². The van der Waals surface area contributed by atoms with Gasteiger partial charge in [0.25, 0.3) is 5.91 Å². The molecule has 4 rings (SSSR count). The number of nitriles is 1. The van der Waals surface area contributed by atoms with Crippen LogP contribution in [0.3, 0.4) is 0 Å². The van der Waals surface area contributed by atoms with Gasteiger partial charge in [0.15, 0.2) is 0 Å². The maximum Gasteiger partial charge on any atom is 0.269 e. The third-order valence-electron chi connectivity index (χ3n) is 5.74. The maximum atomic E-state index is 13.7. The number of rotatable bonds is 7. The monoisotopic (exact) mass is 551 g/mol. The molecule has 6 nitrogen and oxygen atoms in total. The van der Waals surface area contributed by atoms with Crippen molar-refractivity contribution in [3.05, 3.63) is 98.5 Å². The van der Waals surface area contributed by atoms with E-state index in [-0.39, 0.29) is 22.9 Å². The number of para-hydroxylation sites is 1. The number of anilines is 2. The van der Waals surface area contributed by atoms with E-state index in [1.54, 1.807) is 54.6 Å². The Kier molecular flexibility index (Phi) is 8.45. The molecule has 0 spiro atoms. The molecule has 0 bridgehead atoms. The van der Waals surface area contributed by atoms with E-state index in [0.717, 1.165) is 17.3 Å². The molecule has 188 valence electrons. The molecule has 1 heterocycles. The van der Waals surface area contributed by atoms with Crippen molar-refractivity contribution in [2.24, 2.45) is 0 Å². The fraction of sp³-hybridized carbons (Fsp3) is 0.179. The van der Waals surface area contributed by atoms with Crippen LogP contribution in [-0.2, 0) is 16.0 Å². The van der Waals surface area contributed by atoms with Crippen molar-refractivity contribution in [3.63, 3.8) is 0 Å². The molecule has 1 N–H and O–H groups in total. The van der Waals surface area contributed by atoms with Gasteiger partial charge in [-0.25, -0.2) is 0 Å². The van der Waals surface area contributed by atoms with Gasteiger partial charge >= 0.3 is 0 Å². The molecule has 0 saturated carbocycles. The standard InChI is InChI=1S/C28H23Cl2N3O3S/c1-3-36-20-13-11-19(12-14-20)33-27(35)24(15-18-8-6-9-22(29)25(18)30)37-28(33)21(16-31)26(34)32-23-10-5-4-7-17(23)2/h4-14,24H,3,15H2,1-2H3,(H,32,34)/b28-21-. The Morgan fingerprint density at radius 3 is 2.51 bits per heavy atom. The van der Waals surface area contributed by atoms with Crippen LogP contribution in [0.25, 0.3) is 0 Å². The number of hydrogen-bond acceptors (Lipinski definition) is 5. The summed E-state index contributed by atoms with van der Waals surface area (Å²) in [6.45, 7) is 4.25. The molecule has 1 unspecified atom stereocenters. The second kappa shape index (κ2) is 11.7. The summed E-state index contributed by atoms with van der Waals surface area (Å²) in [4.78, 5) is 28.4. The third-order valence-corrected chi connectivity index (χ3v) is 7.86. The molecule has 3 aromatic carbocycles. The summed E-state index contributed by atoms with van der Waals surface area (Å²) in [5.74, 6) is -0.211. The Balaban J connectivity index is 1.75. The molecule has 3 aromatic rings. The highest BCUT2D eigenvalue weighted by Gasteiger charge is 2.41. The molecule has 0 aromatic heterocycles. The predicted molar refractivity (Wildman–Crippen MR) is 149 cm³/mol. The van der Waals surface area contributed by atoms with Gasteiger partial charge in [0.05, 0.1) is 21.9 Å². The van der Waals surface area contributed by atoms with E-state index in [0.29, 0.717) is 39.3 Å². The second-order valence-corrected chi connectivity index (χ2v) is 10.2. The van der Waals surface area contributed by atoms with Gasteiger partial charge in [0.1, 0.15) is 22.4 Å². The van der Waals surface area contributed by atoms with Gasteiger partial charge in [-0.3, -0.25) is 14.5 Å². The Morgan fingerprint density at radius 1 is 1.11 bits per heavy atom. The highest BCUT2D eigenvalue weighted by atomic mass is 35.5. The van der Waals surface area contributed by atoms with Crippen LogP contribution < -0.4 is 15.0 Å². The number of ether oxygens (including phenoxy) is 1. The lowest BCUT2D eigenvalue weighted by atomic mass is 10.1. The van der Waals surface area contributed by atoms with Crippen LogP contribution in [-0.4, -0.2) is 23.7 Å². The highest BCUT2D eigenvalue weighted by Crippen LogP contribution is 2.43. The van der Waals surface area contributed by atoms with Gasteiger partial charge in [-0.2, -0.15) is 5.26 Å². The molecule has 1 fully saturated rings. The van der Waals surface area contributed by atoms with Gasteiger partial charge in [-0.1, -0.05) is 65.3 Å². The molecular weight excluding hydrogens is 529 g/mol. The van der Waals surface area contributed by atoms with E-state index >= 15 is 0 Å². The number of nitrogens with one attached hydrogen (secondary N) is 1. The Labute approximate surface area is 229 Å². The zero-order valence-corrected chi connectivity index (χ0v) is 22.5. The molecule has 0 aliphatic carbocycles. The molecular formula is C28H23Cl2N3O3S. The van der Waals surface area contributed by atoms with E-state index in [4.69, 9.17) is 27.9 Å². The normalized spacial score (nSPS) is 16.4. The number of hydrogen-bond donors (Lipinski definition) is 1. The summed E-state index contributed by atoms with van der Waals surface area (Å²) < 4.78 is 5.52. The van der Waals surface area contributed by atoms with Gasteiger partial charge in [0.2, 0.25) is 5.91 Å². The van der Waals surface area contributed by atoms with Gasteiger partial charge in [0, 0.05) is 11.4 Å². The smallest absolute Gasteiger partial charge is 0.269 e. The summed E-state index contributed by atoms with van der Waals surface area (Å²) in [5, 5.41) is 13.3. The number of aryl methyl sites for hydroxylation is 1. The minimum Gasteiger partial charge on any atom is -0.494 e. The van der Waals surface area contributed by atoms with Gasteiger partial charge in [-0.05, 0) is 67.8 Å². The number of benzene rings is 3. The molecule has 0 radical (unpaired) electrons. The number of halogens is 2. The number of nitrogens with zero attached hydrogens (tertiary/aromatic N) is 2. The van der Waals surface area contributed by atoms with Gasteiger partial charge < -0.3 is 10.1 Å². The molecule has 1 saturated heterocycles. The minimum atomic E-state index is -0.618. The topological polar surface area (TPSA) is 82.4 Å². The first-order chi connectivity index (χ1) is 17.8. The lowest BCUT2D eigenvalue weighted by Crippen LogP contribution is -2.31. The molecule has 37 heavy (non-hydrogen) atoms. The van der Waals surface area contributed by atoms with E-state index in [1.807, 2.05) is 32.0 Å². The Bertz CT molecular complexity index is 1420. The van der Waals surface area contributed by atoms with E-state index in [9.17, 15) is 14.9 Å². The van der Waals surface area contributed by atoms with Crippen molar-refractivity contribution in [2.75, 3.05) is 16.8 Å². The molecule has 1 atom stereocenters.